The number of hydrogen-bond acceptors (Lipinski definition) is 2. The van der Waals surface area contributed by atoms with E-state index in [1.807, 2.05) is 39.0 Å². The Morgan fingerprint density at radius 2 is 1.75 bits per heavy atom. The van der Waals surface area contributed by atoms with Gasteiger partial charge in [0.25, 0.3) is 0 Å². The zero-order valence-corrected chi connectivity index (χ0v) is 12.2. The van der Waals surface area contributed by atoms with Gasteiger partial charge in [-0.25, -0.2) is 4.39 Å². The number of halogens is 1. The van der Waals surface area contributed by atoms with Crippen LogP contribution in [0.1, 0.15) is 23.6 Å². The van der Waals surface area contributed by atoms with Crippen LogP contribution in [-0.4, -0.2) is 6.54 Å². The van der Waals surface area contributed by atoms with E-state index in [1.54, 1.807) is 6.07 Å². The van der Waals surface area contributed by atoms with Gasteiger partial charge in [0.2, 0.25) is 0 Å². The molecule has 0 aliphatic heterocycles. The molecule has 0 bridgehead atoms. The molecule has 106 valence electrons. The van der Waals surface area contributed by atoms with E-state index in [2.05, 4.69) is 11.4 Å². The lowest BCUT2D eigenvalue weighted by Crippen LogP contribution is -2.11. The van der Waals surface area contributed by atoms with Gasteiger partial charge < -0.3 is 10.1 Å². The lowest BCUT2D eigenvalue weighted by atomic mass is 10.1. The van der Waals surface area contributed by atoms with Crippen molar-refractivity contribution >= 4 is 0 Å². The van der Waals surface area contributed by atoms with Crippen molar-refractivity contribution in [2.75, 3.05) is 6.54 Å². The van der Waals surface area contributed by atoms with Crippen LogP contribution in [-0.2, 0) is 6.54 Å². The molecule has 0 aliphatic carbocycles. The quantitative estimate of drug-likeness (QED) is 0.874. The molecule has 0 saturated heterocycles. The van der Waals surface area contributed by atoms with Crippen molar-refractivity contribution < 1.29 is 9.13 Å². The highest BCUT2D eigenvalue weighted by Crippen LogP contribution is 2.26. The molecule has 0 atom stereocenters. The fourth-order valence-electron chi connectivity index (χ4n) is 2.13. The maximum Gasteiger partial charge on any atom is 0.166 e. The molecular weight excluding hydrogens is 253 g/mol. The van der Waals surface area contributed by atoms with Crippen LogP contribution in [0.25, 0.3) is 0 Å². The Hall–Kier alpha value is -1.87. The summed E-state index contributed by atoms with van der Waals surface area (Å²) in [6, 6.07) is 10.9. The SMILES string of the molecule is CCNCc1ccc(Oc2cc(C)cc(C)c2)c(F)c1. The van der Waals surface area contributed by atoms with Crippen molar-refractivity contribution in [1.82, 2.24) is 5.32 Å². The van der Waals surface area contributed by atoms with Crippen molar-refractivity contribution in [3.8, 4) is 11.5 Å². The third kappa shape index (κ3) is 3.81. The standard InChI is InChI=1S/C17H20FNO/c1-4-19-11-14-5-6-17(16(18)10-14)20-15-8-12(2)7-13(3)9-15/h5-10,19H,4,11H2,1-3H3. The molecule has 0 unspecified atom stereocenters. The molecule has 20 heavy (non-hydrogen) atoms. The Labute approximate surface area is 119 Å². The molecule has 2 rings (SSSR count). The minimum absolute atomic E-state index is 0.259. The fourth-order valence-corrected chi connectivity index (χ4v) is 2.13. The van der Waals surface area contributed by atoms with Crippen LogP contribution in [0.15, 0.2) is 36.4 Å². The molecule has 0 aliphatic rings. The number of hydrogen-bond donors (Lipinski definition) is 1. The fraction of sp³-hybridized carbons (Fsp3) is 0.294. The normalized spacial score (nSPS) is 10.6. The smallest absolute Gasteiger partial charge is 0.166 e. The summed E-state index contributed by atoms with van der Waals surface area (Å²) in [5.74, 6) is 0.593. The van der Waals surface area contributed by atoms with E-state index in [1.165, 1.54) is 6.07 Å². The first kappa shape index (κ1) is 14.5. The molecule has 0 heterocycles. The molecule has 0 fully saturated rings. The molecule has 2 aromatic carbocycles. The number of aryl methyl sites for hydroxylation is 2. The van der Waals surface area contributed by atoms with Crippen molar-refractivity contribution in [1.29, 1.82) is 0 Å². The number of rotatable bonds is 5. The van der Waals surface area contributed by atoms with Gasteiger partial charge in [0, 0.05) is 6.54 Å². The summed E-state index contributed by atoms with van der Waals surface area (Å²) < 4.78 is 19.6. The van der Waals surface area contributed by atoms with Crippen LogP contribution in [0, 0.1) is 19.7 Å². The Morgan fingerprint density at radius 3 is 2.35 bits per heavy atom. The Morgan fingerprint density at radius 1 is 1.05 bits per heavy atom. The van der Waals surface area contributed by atoms with Gasteiger partial charge in [0.15, 0.2) is 11.6 Å². The van der Waals surface area contributed by atoms with Gasteiger partial charge in [0.05, 0.1) is 0 Å². The highest BCUT2D eigenvalue weighted by molar-refractivity contribution is 5.38. The Balaban J connectivity index is 2.16. The molecule has 2 nitrogen and oxygen atoms in total. The number of nitrogens with one attached hydrogen (secondary N) is 1. The summed E-state index contributed by atoms with van der Waals surface area (Å²) in [5, 5.41) is 3.17. The monoisotopic (exact) mass is 273 g/mol. The maximum atomic E-state index is 14.0. The number of ether oxygens (including phenoxy) is 1. The molecule has 3 heteroatoms. The third-order valence-corrected chi connectivity index (χ3v) is 3.00. The van der Waals surface area contributed by atoms with Gasteiger partial charge in [-0.3, -0.25) is 0 Å². The summed E-state index contributed by atoms with van der Waals surface area (Å²) in [6.07, 6.45) is 0. The molecular formula is C17H20FNO. The lowest BCUT2D eigenvalue weighted by Gasteiger charge is -2.10. The number of benzene rings is 2. The van der Waals surface area contributed by atoms with Gasteiger partial charge in [-0.2, -0.15) is 0 Å². The van der Waals surface area contributed by atoms with Crippen molar-refractivity contribution in [2.24, 2.45) is 0 Å². The van der Waals surface area contributed by atoms with E-state index >= 15 is 0 Å². The second-order valence-electron chi connectivity index (χ2n) is 4.97. The largest absolute Gasteiger partial charge is 0.454 e. The Kier molecular flexibility index (Phi) is 4.74. The van der Waals surface area contributed by atoms with Crippen molar-refractivity contribution in [2.45, 2.75) is 27.3 Å². The lowest BCUT2D eigenvalue weighted by molar-refractivity contribution is 0.441. The first-order chi connectivity index (χ1) is 9.58. The molecule has 1 N–H and O–H groups in total. The topological polar surface area (TPSA) is 21.3 Å². The van der Waals surface area contributed by atoms with E-state index in [-0.39, 0.29) is 11.6 Å². The summed E-state index contributed by atoms with van der Waals surface area (Å²) in [6.45, 7) is 7.54. The molecule has 0 spiro atoms. The van der Waals surface area contributed by atoms with E-state index in [9.17, 15) is 4.39 Å². The minimum Gasteiger partial charge on any atom is -0.454 e. The molecule has 0 amide bonds. The predicted molar refractivity (Wildman–Crippen MR) is 79.8 cm³/mol. The van der Waals surface area contributed by atoms with Gasteiger partial charge in [-0.05, 0) is 61.3 Å². The van der Waals surface area contributed by atoms with Crippen LogP contribution >= 0.6 is 0 Å². The second kappa shape index (κ2) is 6.53. The van der Waals surface area contributed by atoms with Gasteiger partial charge in [-0.1, -0.05) is 19.1 Å². The van der Waals surface area contributed by atoms with Crippen LogP contribution < -0.4 is 10.1 Å². The first-order valence-corrected chi connectivity index (χ1v) is 6.84. The van der Waals surface area contributed by atoms with Crippen molar-refractivity contribution in [3.05, 3.63) is 58.9 Å². The average Bonchev–Trinajstić information content (AvgIpc) is 2.38. The van der Waals surface area contributed by atoms with E-state index in [0.717, 1.165) is 23.2 Å². The summed E-state index contributed by atoms with van der Waals surface area (Å²) in [5.41, 5.74) is 3.12. The third-order valence-electron chi connectivity index (χ3n) is 3.00. The Bertz CT molecular complexity index is 575. The predicted octanol–water partition coefficient (Wildman–Crippen LogP) is 4.34. The van der Waals surface area contributed by atoms with Crippen LogP contribution in [0.2, 0.25) is 0 Å². The summed E-state index contributed by atoms with van der Waals surface area (Å²) in [4.78, 5) is 0. The van der Waals surface area contributed by atoms with E-state index in [4.69, 9.17) is 4.74 Å². The first-order valence-electron chi connectivity index (χ1n) is 6.84. The molecule has 2 aromatic rings. The highest BCUT2D eigenvalue weighted by atomic mass is 19.1. The van der Waals surface area contributed by atoms with Gasteiger partial charge >= 0.3 is 0 Å². The van der Waals surface area contributed by atoms with Crippen molar-refractivity contribution in [3.63, 3.8) is 0 Å². The van der Waals surface area contributed by atoms with Crippen LogP contribution in [0.5, 0.6) is 11.5 Å². The van der Waals surface area contributed by atoms with Gasteiger partial charge in [-0.15, -0.1) is 0 Å². The average molecular weight is 273 g/mol. The molecule has 0 radical (unpaired) electrons. The van der Waals surface area contributed by atoms with Crippen LogP contribution in [0.4, 0.5) is 4.39 Å². The van der Waals surface area contributed by atoms with Gasteiger partial charge in [0.1, 0.15) is 5.75 Å². The molecule has 0 aromatic heterocycles. The van der Waals surface area contributed by atoms with Crippen LogP contribution in [0.3, 0.4) is 0 Å². The summed E-state index contributed by atoms with van der Waals surface area (Å²) in [7, 11) is 0. The zero-order chi connectivity index (χ0) is 14.5. The minimum atomic E-state index is -0.334. The zero-order valence-electron chi connectivity index (χ0n) is 12.2. The van der Waals surface area contributed by atoms with E-state index < -0.39 is 0 Å². The maximum absolute atomic E-state index is 14.0. The highest BCUT2D eigenvalue weighted by Gasteiger charge is 2.07. The molecule has 0 saturated carbocycles. The van der Waals surface area contributed by atoms with E-state index in [0.29, 0.717) is 12.3 Å². The second-order valence-corrected chi connectivity index (χ2v) is 4.97. The summed E-state index contributed by atoms with van der Waals surface area (Å²) >= 11 is 0.